The number of hydrogen-bond acceptors (Lipinski definition) is 3. The Labute approximate surface area is 51.5 Å². The normalized spacial score (nSPS) is 8.14. The van der Waals surface area contributed by atoms with Crippen LogP contribution < -0.4 is 5.73 Å². The Hall–Kier alpha value is -0.0900. The maximum atomic E-state index is 10.0. The van der Waals surface area contributed by atoms with Crippen molar-refractivity contribution < 1.29 is 4.79 Å². The molecule has 0 amide bonds. The van der Waals surface area contributed by atoms with Crippen LogP contribution in [0.1, 0.15) is 6.92 Å². The molecule has 0 fully saturated rings. The molecule has 7 heavy (non-hydrogen) atoms. The lowest BCUT2D eigenvalue weighted by molar-refractivity contribution is -0.109. The zero-order valence-corrected chi connectivity index (χ0v) is 5.44. The smallest absolute Gasteiger partial charge is 0.192 e. The molecule has 0 rings (SSSR count). The molecule has 0 spiro atoms. The van der Waals surface area contributed by atoms with Gasteiger partial charge in [0, 0.05) is 6.92 Å². The lowest BCUT2D eigenvalue weighted by Crippen LogP contribution is -2.03. The molecule has 0 heterocycles. The molecule has 4 heteroatoms. The maximum absolute atomic E-state index is 10.0. The molecule has 0 unspecified atom stereocenters. The van der Waals surface area contributed by atoms with Crippen molar-refractivity contribution in [2.45, 2.75) is 6.92 Å². The molecule has 0 aliphatic carbocycles. The first-order valence-electron chi connectivity index (χ1n) is 1.61. The predicted octanol–water partition coefficient (Wildman–Crippen LogP) is 0.510. The zero-order valence-electron chi connectivity index (χ0n) is 3.80. The van der Waals surface area contributed by atoms with Gasteiger partial charge in [0.25, 0.3) is 0 Å². The summed E-state index contributed by atoms with van der Waals surface area (Å²) in [7, 11) is 0. The van der Waals surface area contributed by atoms with Crippen LogP contribution in [0.2, 0.25) is 0 Å². The van der Waals surface area contributed by atoms with Gasteiger partial charge in [-0.15, -0.1) is 0 Å². The highest BCUT2D eigenvalue weighted by Crippen LogP contribution is 1.98. The summed E-state index contributed by atoms with van der Waals surface area (Å²) < 4.78 is 0.188. The summed E-state index contributed by atoms with van der Waals surface area (Å²) in [6.07, 6.45) is 0. The summed E-state index contributed by atoms with van der Waals surface area (Å²) in [6.45, 7) is 1.42. The van der Waals surface area contributed by atoms with E-state index in [1.54, 1.807) is 0 Å². The van der Waals surface area contributed by atoms with Crippen LogP contribution in [0.15, 0.2) is 0 Å². The molecule has 0 aromatic rings. The van der Waals surface area contributed by atoms with E-state index < -0.39 is 0 Å². The van der Waals surface area contributed by atoms with Gasteiger partial charge in [-0.25, -0.2) is 0 Å². The minimum absolute atomic E-state index is 0.0625. The van der Waals surface area contributed by atoms with Gasteiger partial charge in [0.05, 0.1) is 0 Å². The minimum atomic E-state index is -0.0625. The first-order chi connectivity index (χ1) is 3.13. The summed E-state index contributed by atoms with van der Waals surface area (Å²) in [5.41, 5.74) is 4.97. The van der Waals surface area contributed by atoms with Crippen molar-refractivity contribution in [3.8, 4) is 0 Å². The highest BCUT2D eigenvalue weighted by atomic mass is 32.2. The summed E-state index contributed by atoms with van der Waals surface area (Å²) in [5.74, 6) is 0. The fourth-order valence-electron chi connectivity index (χ4n) is 0.142. The Morgan fingerprint density at radius 1 is 1.86 bits per heavy atom. The summed E-state index contributed by atoms with van der Waals surface area (Å²) >= 11 is 5.27. The number of carbonyl (C=O) groups is 1. The number of carbonyl (C=O) groups excluding carboxylic acids is 1. The van der Waals surface area contributed by atoms with Gasteiger partial charge in [-0.1, -0.05) is 12.2 Å². The molecule has 0 aromatic carbocycles. The molecule has 0 bridgehead atoms. The number of thiocarbonyl (C=S) groups is 1. The van der Waals surface area contributed by atoms with E-state index in [0.717, 1.165) is 11.8 Å². The SMILES string of the molecule is CC(=O)SC(N)=S. The van der Waals surface area contributed by atoms with Gasteiger partial charge in [-0.05, 0) is 11.8 Å². The van der Waals surface area contributed by atoms with E-state index in [9.17, 15) is 4.79 Å². The van der Waals surface area contributed by atoms with Gasteiger partial charge < -0.3 is 5.73 Å². The Bertz CT molecular complexity index is 89.1. The number of hydrogen-bond donors (Lipinski definition) is 1. The predicted molar refractivity (Wildman–Crippen MR) is 35.1 cm³/mol. The largest absolute Gasteiger partial charge is 0.384 e. The molecule has 2 N–H and O–H groups in total. The van der Waals surface area contributed by atoms with Gasteiger partial charge in [-0.3, -0.25) is 4.79 Å². The molecule has 2 nitrogen and oxygen atoms in total. The second-order valence-electron chi connectivity index (χ2n) is 0.913. The van der Waals surface area contributed by atoms with E-state index >= 15 is 0 Å². The molecule has 40 valence electrons. The fraction of sp³-hybridized carbons (Fsp3) is 0.333. The van der Waals surface area contributed by atoms with Crippen molar-refractivity contribution in [1.29, 1.82) is 0 Å². The number of nitrogens with two attached hydrogens (primary N) is 1. The number of thioether (sulfide) groups is 1. The van der Waals surface area contributed by atoms with Gasteiger partial charge in [0.15, 0.2) is 5.12 Å². The Morgan fingerprint density at radius 3 is 2.29 bits per heavy atom. The van der Waals surface area contributed by atoms with E-state index in [-0.39, 0.29) is 9.44 Å². The Balaban J connectivity index is 3.32. The number of rotatable bonds is 0. The van der Waals surface area contributed by atoms with Gasteiger partial charge in [-0.2, -0.15) is 0 Å². The molecule has 0 radical (unpaired) electrons. The molecule has 0 aromatic heterocycles. The van der Waals surface area contributed by atoms with Crippen molar-refractivity contribution in [3.63, 3.8) is 0 Å². The third kappa shape index (κ3) is 5.91. The van der Waals surface area contributed by atoms with Crippen LogP contribution >= 0.6 is 24.0 Å². The Kier molecular flexibility index (Phi) is 2.95. The lowest BCUT2D eigenvalue weighted by Gasteiger charge is -1.85. The molecule has 0 aliphatic heterocycles. The van der Waals surface area contributed by atoms with Crippen molar-refractivity contribution >= 4 is 33.4 Å². The van der Waals surface area contributed by atoms with Crippen molar-refractivity contribution in [2.24, 2.45) is 5.73 Å². The lowest BCUT2D eigenvalue weighted by atomic mass is 10.9. The monoisotopic (exact) mass is 135 g/mol. The standard InChI is InChI=1S/C3H5NOS2/c1-2(5)7-3(4)6/h1H3,(H2,4,6). The minimum Gasteiger partial charge on any atom is -0.384 e. The second kappa shape index (κ2) is 2.98. The first-order valence-corrected chi connectivity index (χ1v) is 2.83. The van der Waals surface area contributed by atoms with E-state index in [4.69, 9.17) is 5.73 Å². The van der Waals surface area contributed by atoms with Gasteiger partial charge in [0.1, 0.15) is 4.32 Å². The Morgan fingerprint density at radius 2 is 2.29 bits per heavy atom. The van der Waals surface area contributed by atoms with Crippen molar-refractivity contribution in [2.75, 3.05) is 0 Å². The molecule has 0 aliphatic rings. The molecule has 0 atom stereocenters. The third-order valence-electron chi connectivity index (χ3n) is 0.244. The third-order valence-corrected chi connectivity index (χ3v) is 0.983. The van der Waals surface area contributed by atoms with Gasteiger partial charge >= 0.3 is 0 Å². The summed E-state index contributed by atoms with van der Waals surface area (Å²) in [6, 6.07) is 0. The quantitative estimate of drug-likeness (QED) is 0.491. The second-order valence-corrected chi connectivity index (χ2v) is 2.83. The zero-order chi connectivity index (χ0) is 5.86. The molecular weight excluding hydrogens is 130 g/mol. The van der Waals surface area contributed by atoms with Crippen LogP contribution in [0.4, 0.5) is 0 Å². The maximum Gasteiger partial charge on any atom is 0.192 e. The molecule has 0 saturated heterocycles. The van der Waals surface area contributed by atoms with Crippen molar-refractivity contribution in [3.05, 3.63) is 0 Å². The highest BCUT2D eigenvalue weighted by Gasteiger charge is 1.92. The topological polar surface area (TPSA) is 43.1 Å². The van der Waals surface area contributed by atoms with E-state index in [1.165, 1.54) is 6.92 Å². The summed E-state index contributed by atoms with van der Waals surface area (Å²) in [5, 5.41) is -0.0625. The fourth-order valence-corrected chi connectivity index (χ4v) is 0.777. The van der Waals surface area contributed by atoms with E-state index in [2.05, 4.69) is 12.2 Å². The van der Waals surface area contributed by atoms with Crippen LogP contribution in [0.3, 0.4) is 0 Å². The van der Waals surface area contributed by atoms with Crippen LogP contribution in [0.5, 0.6) is 0 Å². The van der Waals surface area contributed by atoms with E-state index in [0.29, 0.717) is 0 Å². The molecule has 0 saturated carbocycles. The summed E-state index contributed by atoms with van der Waals surface area (Å²) in [4.78, 5) is 10.0. The van der Waals surface area contributed by atoms with Crippen LogP contribution in [0.25, 0.3) is 0 Å². The van der Waals surface area contributed by atoms with Crippen molar-refractivity contribution in [1.82, 2.24) is 0 Å². The average molecular weight is 135 g/mol. The molecular formula is C3H5NOS2. The highest BCUT2D eigenvalue weighted by molar-refractivity contribution is 8.32. The average Bonchev–Trinajstić information content (AvgIpc) is 1.27. The van der Waals surface area contributed by atoms with Crippen LogP contribution in [-0.2, 0) is 4.79 Å². The van der Waals surface area contributed by atoms with Crippen LogP contribution in [-0.4, -0.2) is 9.44 Å². The van der Waals surface area contributed by atoms with Gasteiger partial charge in [0.2, 0.25) is 0 Å². The van der Waals surface area contributed by atoms with E-state index in [1.807, 2.05) is 0 Å². The van der Waals surface area contributed by atoms with Crippen LogP contribution in [0, 0.1) is 0 Å². The first kappa shape index (κ1) is 6.91.